The molecule has 0 aliphatic carbocycles. The lowest BCUT2D eigenvalue weighted by atomic mass is 10.2. The highest BCUT2D eigenvalue weighted by atomic mass is 32.1. The first-order valence-electron chi connectivity index (χ1n) is 4.60. The van der Waals surface area contributed by atoms with Crippen LogP contribution < -0.4 is 4.74 Å². The van der Waals surface area contributed by atoms with Crippen molar-refractivity contribution in [3.8, 4) is 5.06 Å². The van der Waals surface area contributed by atoms with Crippen molar-refractivity contribution in [2.75, 3.05) is 6.61 Å². The Morgan fingerprint density at radius 1 is 1.33 bits per heavy atom. The van der Waals surface area contributed by atoms with E-state index in [1.54, 1.807) is 11.3 Å². The van der Waals surface area contributed by atoms with E-state index in [2.05, 4.69) is 6.92 Å². The fraction of sp³-hybridized carbons (Fsp3) is 0.600. The molecule has 0 amide bonds. The summed E-state index contributed by atoms with van der Waals surface area (Å²) in [6, 6.07) is 4.04. The van der Waals surface area contributed by atoms with Crippen LogP contribution >= 0.6 is 11.3 Å². The molecule has 68 valence electrons. The fourth-order valence-corrected chi connectivity index (χ4v) is 1.65. The molecule has 0 aliphatic heterocycles. The van der Waals surface area contributed by atoms with Crippen LogP contribution in [0.25, 0.3) is 0 Å². The van der Waals surface area contributed by atoms with Crippen molar-refractivity contribution in [2.45, 2.75) is 32.6 Å². The summed E-state index contributed by atoms with van der Waals surface area (Å²) in [5.41, 5.74) is 0. The van der Waals surface area contributed by atoms with Gasteiger partial charge in [-0.3, -0.25) is 0 Å². The summed E-state index contributed by atoms with van der Waals surface area (Å²) in [5, 5.41) is 3.09. The molecule has 0 saturated carbocycles. The third kappa shape index (κ3) is 3.77. The van der Waals surface area contributed by atoms with Gasteiger partial charge < -0.3 is 4.74 Å². The van der Waals surface area contributed by atoms with Gasteiger partial charge in [0.05, 0.1) is 6.61 Å². The van der Waals surface area contributed by atoms with Gasteiger partial charge in [0.1, 0.15) is 0 Å². The molecule has 2 heteroatoms. The fourth-order valence-electron chi connectivity index (χ4n) is 1.05. The molecule has 0 aromatic carbocycles. The molecule has 1 heterocycles. The van der Waals surface area contributed by atoms with Crippen LogP contribution in [0.2, 0.25) is 0 Å². The van der Waals surface area contributed by atoms with E-state index in [1.165, 1.54) is 25.7 Å². The quantitative estimate of drug-likeness (QED) is 0.612. The number of ether oxygens (including phenoxy) is 1. The molecule has 0 atom stereocenters. The van der Waals surface area contributed by atoms with Gasteiger partial charge in [-0.25, -0.2) is 0 Å². The highest BCUT2D eigenvalue weighted by Gasteiger charge is 1.92. The summed E-state index contributed by atoms with van der Waals surface area (Å²) < 4.78 is 5.51. The van der Waals surface area contributed by atoms with Crippen molar-refractivity contribution in [1.29, 1.82) is 0 Å². The Morgan fingerprint density at radius 2 is 2.25 bits per heavy atom. The second kappa shape index (κ2) is 6.06. The minimum atomic E-state index is 0.876. The first-order chi connectivity index (χ1) is 5.93. The molecule has 0 unspecified atom stereocenters. The minimum absolute atomic E-state index is 0.876. The predicted octanol–water partition coefficient (Wildman–Crippen LogP) is 3.71. The summed E-state index contributed by atoms with van der Waals surface area (Å²) in [6.07, 6.45) is 5.10. The molecule has 0 aliphatic rings. The molecule has 0 bridgehead atoms. The molecule has 0 N–H and O–H groups in total. The topological polar surface area (TPSA) is 9.23 Å². The van der Waals surface area contributed by atoms with E-state index in [0.717, 1.165) is 11.7 Å². The Bertz CT molecular complexity index is 182. The number of rotatable bonds is 6. The molecule has 1 nitrogen and oxygen atoms in total. The maximum atomic E-state index is 5.51. The monoisotopic (exact) mass is 184 g/mol. The van der Waals surface area contributed by atoms with Crippen LogP contribution in [-0.4, -0.2) is 6.61 Å². The Morgan fingerprint density at radius 3 is 2.92 bits per heavy atom. The zero-order chi connectivity index (χ0) is 8.65. The van der Waals surface area contributed by atoms with Gasteiger partial charge in [0.2, 0.25) is 0 Å². The lowest BCUT2D eigenvalue weighted by Gasteiger charge is -2.01. The van der Waals surface area contributed by atoms with E-state index in [9.17, 15) is 0 Å². The Hall–Kier alpha value is -0.500. The van der Waals surface area contributed by atoms with E-state index in [0.29, 0.717) is 0 Å². The first-order valence-corrected chi connectivity index (χ1v) is 5.47. The molecule has 0 spiro atoms. The molecule has 0 fully saturated rings. The molecule has 0 saturated heterocycles. The number of unbranched alkanes of at least 4 members (excludes halogenated alkanes) is 3. The zero-order valence-electron chi connectivity index (χ0n) is 7.58. The maximum absolute atomic E-state index is 5.51. The largest absolute Gasteiger partial charge is 0.484 e. The molecular formula is C10H16OS. The summed E-state index contributed by atoms with van der Waals surface area (Å²) in [6.45, 7) is 3.10. The Kier molecular flexibility index (Phi) is 4.85. The number of hydrogen-bond acceptors (Lipinski definition) is 2. The van der Waals surface area contributed by atoms with Gasteiger partial charge in [-0.05, 0) is 23.9 Å². The lowest BCUT2D eigenvalue weighted by molar-refractivity contribution is 0.313. The summed E-state index contributed by atoms with van der Waals surface area (Å²) in [4.78, 5) is 0. The van der Waals surface area contributed by atoms with Crippen molar-refractivity contribution in [3.05, 3.63) is 17.5 Å². The SMILES string of the molecule is CCCCCCOc1cccs1. The second-order valence-corrected chi connectivity index (χ2v) is 3.75. The van der Waals surface area contributed by atoms with Crippen LogP contribution in [0.4, 0.5) is 0 Å². The van der Waals surface area contributed by atoms with Crippen LogP contribution in [0.1, 0.15) is 32.6 Å². The van der Waals surface area contributed by atoms with E-state index < -0.39 is 0 Å². The van der Waals surface area contributed by atoms with Gasteiger partial charge in [0.25, 0.3) is 0 Å². The van der Waals surface area contributed by atoms with Crippen LogP contribution in [-0.2, 0) is 0 Å². The molecule has 12 heavy (non-hydrogen) atoms. The van der Waals surface area contributed by atoms with Crippen LogP contribution in [0.5, 0.6) is 5.06 Å². The lowest BCUT2D eigenvalue weighted by Crippen LogP contribution is -1.94. The summed E-state index contributed by atoms with van der Waals surface area (Å²) >= 11 is 1.66. The highest BCUT2D eigenvalue weighted by Crippen LogP contribution is 2.18. The zero-order valence-corrected chi connectivity index (χ0v) is 8.40. The normalized spacial score (nSPS) is 10.1. The van der Waals surface area contributed by atoms with E-state index in [-0.39, 0.29) is 0 Å². The van der Waals surface area contributed by atoms with Crippen LogP contribution in [0.15, 0.2) is 17.5 Å². The van der Waals surface area contributed by atoms with Gasteiger partial charge in [0, 0.05) is 0 Å². The summed E-state index contributed by atoms with van der Waals surface area (Å²) in [5.74, 6) is 0. The van der Waals surface area contributed by atoms with Gasteiger partial charge in [-0.2, -0.15) is 0 Å². The smallest absolute Gasteiger partial charge is 0.173 e. The third-order valence-electron chi connectivity index (χ3n) is 1.74. The van der Waals surface area contributed by atoms with Gasteiger partial charge in [0.15, 0.2) is 5.06 Å². The molecule has 1 aromatic rings. The van der Waals surface area contributed by atoms with Crippen LogP contribution in [0, 0.1) is 0 Å². The van der Waals surface area contributed by atoms with Crippen molar-refractivity contribution >= 4 is 11.3 Å². The van der Waals surface area contributed by atoms with E-state index in [4.69, 9.17) is 4.74 Å². The summed E-state index contributed by atoms with van der Waals surface area (Å²) in [7, 11) is 0. The average Bonchev–Trinajstić information content (AvgIpc) is 2.57. The minimum Gasteiger partial charge on any atom is -0.484 e. The van der Waals surface area contributed by atoms with Gasteiger partial charge in [-0.15, -0.1) is 11.3 Å². The average molecular weight is 184 g/mol. The number of thiophene rings is 1. The maximum Gasteiger partial charge on any atom is 0.173 e. The van der Waals surface area contributed by atoms with Crippen molar-refractivity contribution in [2.24, 2.45) is 0 Å². The molecule has 1 aromatic heterocycles. The first kappa shape index (κ1) is 9.59. The number of hydrogen-bond donors (Lipinski definition) is 0. The van der Waals surface area contributed by atoms with Crippen molar-refractivity contribution in [3.63, 3.8) is 0 Å². The molecule has 0 radical (unpaired) electrons. The van der Waals surface area contributed by atoms with E-state index in [1.807, 2.05) is 17.5 Å². The molecule has 1 rings (SSSR count). The Balaban J connectivity index is 1.96. The van der Waals surface area contributed by atoms with Crippen LogP contribution in [0.3, 0.4) is 0 Å². The van der Waals surface area contributed by atoms with Crippen molar-refractivity contribution in [1.82, 2.24) is 0 Å². The van der Waals surface area contributed by atoms with Gasteiger partial charge in [-0.1, -0.05) is 26.2 Å². The Labute approximate surface area is 78.4 Å². The standard InChI is InChI=1S/C10H16OS/c1-2-3-4-5-8-11-10-7-6-9-12-10/h6-7,9H,2-5,8H2,1H3. The van der Waals surface area contributed by atoms with Gasteiger partial charge >= 0.3 is 0 Å². The molecular weight excluding hydrogens is 168 g/mol. The third-order valence-corrected chi connectivity index (χ3v) is 2.52. The highest BCUT2D eigenvalue weighted by molar-refractivity contribution is 7.11. The predicted molar refractivity (Wildman–Crippen MR) is 54.0 cm³/mol. The van der Waals surface area contributed by atoms with Crippen molar-refractivity contribution < 1.29 is 4.74 Å². The second-order valence-electron chi connectivity index (χ2n) is 2.84. The van der Waals surface area contributed by atoms with E-state index >= 15 is 0 Å².